The fourth-order valence-electron chi connectivity index (χ4n) is 4.07. The van der Waals surface area contributed by atoms with Gasteiger partial charge in [0.25, 0.3) is 0 Å². The lowest BCUT2D eigenvalue weighted by molar-refractivity contribution is -0.148. The van der Waals surface area contributed by atoms with Gasteiger partial charge in [0.1, 0.15) is 17.2 Å². The van der Waals surface area contributed by atoms with Gasteiger partial charge in [-0.15, -0.1) is 0 Å². The number of rotatable bonds is 7. The van der Waals surface area contributed by atoms with Crippen LogP contribution in [-0.4, -0.2) is 65.6 Å². The molecule has 1 fully saturated rings. The molecule has 3 rings (SSSR count). The fourth-order valence-corrected chi connectivity index (χ4v) is 4.07. The molecule has 1 unspecified atom stereocenters. The quantitative estimate of drug-likeness (QED) is 0.487. The highest BCUT2D eigenvalue weighted by Crippen LogP contribution is 2.34. The van der Waals surface area contributed by atoms with Gasteiger partial charge in [-0.3, -0.25) is 19.3 Å². The maximum Gasteiger partial charge on any atom is 0.307 e. The monoisotopic (exact) mass is 418 g/mol. The van der Waals surface area contributed by atoms with E-state index in [-0.39, 0.29) is 30.7 Å². The highest BCUT2D eigenvalue weighted by molar-refractivity contribution is 5.95. The zero-order valence-electron chi connectivity index (χ0n) is 18.4. The van der Waals surface area contributed by atoms with Gasteiger partial charge >= 0.3 is 5.97 Å². The number of aromatic nitrogens is 2. The lowest BCUT2D eigenvalue weighted by atomic mass is 9.89. The first-order valence-electron chi connectivity index (χ1n) is 10.3. The zero-order valence-corrected chi connectivity index (χ0v) is 18.4. The molecule has 2 amide bonds. The third kappa shape index (κ3) is 4.45. The van der Waals surface area contributed by atoms with Crippen LogP contribution in [0.15, 0.2) is 0 Å². The van der Waals surface area contributed by atoms with Gasteiger partial charge in [-0.25, -0.2) is 9.97 Å². The van der Waals surface area contributed by atoms with E-state index in [4.69, 9.17) is 9.47 Å². The first-order valence-corrected chi connectivity index (χ1v) is 10.3. The number of nitrogens with zero attached hydrogens (tertiary/aromatic N) is 4. The second-order valence-corrected chi connectivity index (χ2v) is 8.45. The van der Waals surface area contributed by atoms with Crippen molar-refractivity contribution < 1.29 is 23.9 Å². The highest BCUT2D eigenvalue weighted by atomic mass is 16.6. The standard InChI is InChI=1S/C21H30N4O5/c1-13-14-7-8-17(26)25(9-6-10-29-5)19(14)23-16(22-13)12-24(4)20(28)15-11-18(27)30-21(15,2)3/h15H,6-12H2,1-5H3. The molecule has 0 aliphatic carbocycles. The minimum atomic E-state index is -0.834. The summed E-state index contributed by atoms with van der Waals surface area (Å²) in [6.07, 6.45) is 1.84. The number of anilines is 1. The van der Waals surface area contributed by atoms with E-state index >= 15 is 0 Å². The lowest BCUT2D eigenvalue weighted by Crippen LogP contribution is -2.42. The minimum Gasteiger partial charge on any atom is -0.459 e. The number of hydrogen-bond donors (Lipinski definition) is 0. The summed E-state index contributed by atoms with van der Waals surface area (Å²) in [6.45, 7) is 6.68. The normalized spacial score (nSPS) is 20.2. The molecule has 0 bridgehead atoms. The molecule has 1 aromatic heterocycles. The molecular weight excluding hydrogens is 388 g/mol. The van der Waals surface area contributed by atoms with Gasteiger partial charge in [0, 0.05) is 45.0 Å². The molecule has 0 aromatic carbocycles. The van der Waals surface area contributed by atoms with Crippen molar-refractivity contribution in [1.29, 1.82) is 0 Å². The smallest absolute Gasteiger partial charge is 0.307 e. The molecular formula is C21H30N4O5. The summed E-state index contributed by atoms with van der Waals surface area (Å²) in [4.78, 5) is 49.5. The number of esters is 1. The van der Waals surface area contributed by atoms with Crippen LogP contribution in [0.1, 0.15) is 50.2 Å². The number of hydrogen-bond acceptors (Lipinski definition) is 7. The van der Waals surface area contributed by atoms with Gasteiger partial charge < -0.3 is 14.4 Å². The maximum absolute atomic E-state index is 12.9. The van der Waals surface area contributed by atoms with E-state index in [1.807, 2.05) is 6.92 Å². The second kappa shape index (κ2) is 8.67. The van der Waals surface area contributed by atoms with Crippen LogP contribution in [0, 0.1) is 12.8 Å². The van der Waals surface area contributed by atoms with Crippen molar-refractivity contribution in [1.82, 2.24) is 14.9 Å². The van der Waals surface area contributed by atoms with Crippen LogP contribution in [-0.2, 0) is 36.8 Å². The lowest BCUT2D eigenvalue weighted by Gasteiger charge is -2.30. The van der Waals surface area contributed by atoms with Crippen LogP contribution < -0.4 is 4.90 Å². The number of fused-ring (bicyclic) bond motifs is 1. The first-order chi connectivity index (χ1) is 14.1. The molecule has 0 N–H and O–H groups in total. The van der Waals surface area contributed by atoms with Crippen molar-refractivity contribution in [3.8, 4) is 0 Å². The Morgan fingerprint density at radius 1 is 1.30 bits per heavy atom. The Morgan fingerprint density at radius 3 is 2.67 bits per heavy atom. The predicted octanol–water partition coefficient (Wildman–Crippen LogP) is 1.40. The minimum absolute atomic E-state index is 0.0375. The van der Waals surface area contributed by atoms with E-state index in [9.17, 15) is 14.4 Å². The number of cyclic esters (lactones) is 1. The van der Waals surface area contributed by atoms with Crippen LogP contribution in [0.25, 0.3) is 0 Å². The average molecular weight is 418 g/mol. The molecule has 9 heteroatoms. The number of carbonyl (C=O) groups excluding carboxylic acids is 3. The summed E-state index contributed by atoms with van der Waals surface area (Å²) in [5.41, 5.74) is 0.958. The SMILES string of the molecule is COCCCN1C(=O)CCc2c(C)nc(CN(C)C(=O)C3CC(=O)OC3(C)C)nc21. The van der Waals surface area contributed by atoms with Crippen molar-refractivity contribution in [3.05, 3.63) is 17.1 Å². The van der Waals surface area contributed by atoms with Crippen LogP contribution in [0.3, 0.4) is 0 Å². The van der Waals surface area contributed by atoms with E-state index < -0.39 is 11.5 Å². The second-order valence-electron chi connectivity index (χ2n) is 8.45. The summed E-state index contributed by atoms with van der Waals surface area (Å²) in [5, 5.41) is 0. The Hall–Kier alpha value is -2.55. The van der Waals surface area contributed by atoms with Crippen molar-refractivity contribution in [3.63, 3.8) is 0 Å². The van der Waals surface area contributed by atoms with Gasteiger partial charge in [-0.2, -0.15) is 0 Å². The number of carbonyl (C=O) groups is 3. The Labute approximate surface area is 176 Å². The summed E-state index contributed by atoms with van der Waals surface area (Å²) in [7, 11) is 3.30. The van der Waals surface area contributed by atoms with Crippen molar-refractivity contribution in [2.24, 2.45) is 5.92 Å². The zero-order chi connectivity index (χ0) is 22.1. The number of aryl methyl sites for hydroxylation is 1. The van der Waals surface area contributed by atoms with Crippen LogP contribution in [0.5, 0.6) is 0 Å². The molecule has 0 spiro atoms. The molecule has 2 aliphatic heterocycles. The molecule has 164 valence electrons. The topological polar surface area (TPSA) is 102 Å². The van der Waals surface area contributed by atoms with E-state index in [1.165, 1.54) is 4.90 Å². The number of methoxy groups -OCH3 is 1. The molecule has 30 heavy (non-hydrogen) atoms. The first kappa shape index (κ1) is 22.1. The van der Waals surface area contributed by atoms with Gasteiger partial charge in [-0.1, -0.05) is 0 Å². The van der Waals surface area contributed by atoms with E-state index in [0.717, 1.165) is 11.3 Å². The Bertz CT molecular complexity index is 854. The number of amides is 2. The summed E-state index contributed by atoms with van der Waals surface area (Å²) in [6, 6.07) is 0. The van der Waals surface area contributed by atoms with Crippen LogP contribution in [0.2, 0.25) is 0 Å². The summed E-state index contributed by atoms with van der Waals surface area (Å²) >= 11 is 0. The van der Waals surface area contributed by atoms with Crippen molar-refractivity contribution >= 4 is 23.6 Å². The van der Waals surface area contributed by atoms with E-state index in [1.54, 1.807) is 32.9 Å². The van der Waals surface area contributed by atoms with Gasteiger partial charge in [0.05, 0.1) is 18.9 Å². The van der Waals surface area contributed by atoms with Crippen LogP contribution in [0.4, 0.5) is 5.82 Å². The average Bonchev–Trinajstić information content (AvgIpc) is 2.95. The van der Waals surface area contributed by atoms with E-state index in [2.05, 4.69) is 9.97 Å². The van der Waals surface area contributed by atoms with E-state index in [0.29, 0.717) is 44.1 Å². The summed E-state index contributed by atoms with van der Waals surface area (Å²) in [5.74, 6) is 0.0500. The molecule has 1 saturated heterocycles. The highest BCUT2D eigenvalue weighted by Gasteiger charge is 2.47. The summed E-state index contributed by atoms with van der Waals surface area (Å²) < 4.78 is 10.4. The molecule has 0 saturated carbocycles. The largest absolute Gasteiger partial charge is 0.459 e. The molecule has 1 atom stereocenters. The van der Waals surface area contributed by atoms with Crippen LogP contribution >= 0.6 is 0 Å². The fraction of sp³-hybridized carbons (Fsp3) is 0.667. The molecule has 2 aliphatic rings. The predicted molar refractivity (Wildman–Crippen MR) is 109 cm³/mol. The molecule has 0 radical (unpaired) electrons. The van der Waals surface area contributed by atoms with Crippen molar-refractivity contribution in [2.45, 2.75) is 58.6 Å². The Balaban J connectivity index is 1.80. The molecule has 3 heterocycles. The van der Waals surface area contributed by atoms with Gasteiger partial charge in [0.15, 0.2) is 0 Å². The Kier molecular flexibility index (Phi) is 6.40. The number of ether oxygens (including phenoxy) is 2. The van der Waals surface area contributed by atoms with Gasteiger partial charge in [-0.05, 0) is 33.6 Å². The Morgan fingerprint density at radius 2 is 2.03 bits per heavy atom. The van der Waals surface area contributed by atoms with Crippen molar-refractivity contribution in [2.75, 3.05) is 32.2 Å². The third-order valence-corrected chi connectivity index (χ3v) is 5.75. The third-order valence-electron chi connectivity index (χ3n) is 5.75. The maximum atomic E-state index is 12.9. The molecule has 9 nitrogen and oxygen atoms in total. The molecule has 1 aromatic rings. The van der Waals surface area contributed by atoms with Gasteiger partial charge in [0.2, 0.25) is 11.8 Å².